The Morgan fingerprint density at radius 3 is 2.54 bits per heavy atom. The summed E-state index contributed by atoms with van der Waals surface area (Å²) in [6, 6.07) is 14.5. The van der Waals surface area contributed by atoms with Crippen molar-refractivity contribution in [1.29, 1.82) is 0 Å². The Balaban J connectivity index is 1.76. The molecule has 1 heterocycles. The van der Waals surface area contributed by atoms with Gasteiger partial charge in [-0.3, -0.25) is 4.79 Å². The van der Waals surface area contributed by atoms with E-state index in [2.05, 4.69) is 10.4 Å². The number of hydrogen-bond acceptors (Lipinski definition) is 5. The second-order valence-electron chi connectivity index (χ2n) is 6.66. The van der Waals surface area contributed by atoms with E-state index in [1.807, 2.05) is 37.3 Å². The summed E-state index contributed by atoms with van der Waals surface area (Å²) in [5.74, 6) is 0.762. The average Bonchev–Trinajstić information content (AvgIpc) is 2.94. The van der Waals surface area contributed by atoms with E-state index in [1.54, 1.807) is 32.2 Å². The Kier molecular flexibility index (Phi) is 5.63. The van der Waals surface area contributed by atoms with Crippen LogP contribution in [0.25, 0.3) is 0 Å². The molecule has 1 saturated heterocycles. The number of carbonyl (C=O) groups excluding carboxylic acids is 2. The number of hydrogen-bond donors (Lipinski definition) is 1. The summed E-state index contributed by atoms with van der Waals surface area (Å²) in [6.07, 6.45) is 1.94. The molecule has 1 N–H and O–H groups in total. The summed E-state index contributed by atoms with van der Waals surface area (Å²) in [5, 5.41) is 7.59. The summed E-state index contributed by atoms with van der Waals surface area (Å²) < 4.78 is 11.2. The fourth-order valence-corrected chi connectivity index (χ4v) is 2.76. The summed E-state index contributed by atoms with van der Waals surface area (Å²) >= 11 is 0. The molecule has 2 aromatic rings. The Morgan fingerprint density at radius 2 is 1.89 bits per heavy atom. The van der Waals surface area contributed by atoms with E-state index in [0.717, 1.165) is 10.6 Å². The van der Waals surface area contributed by atoms with Gasteiger partial charge in [-0.25, -0.2) is 4.79 Å². The van der Waals surface area contributed by atoms with E-state index >= 15 is 0 Å². The molecular formula is C21H23N3O4. The lowest BCUT2D eigenvalue weighted by Crippen LogP contribution is -2.42. The van der Waals surface area contributed by atoms with Crippen LogP contribution in [0.5, 0.6) is 11.5 Å². The normalized spacial score (nSPS) is 19.2. The molecule has 1 unspecified atom stereocenters. The van der Waals surface area contributed by atoms with Crippen molar-refractivity contribution < 1.29 is 19.1 Å². The van der Waals surface area contributed by atoms with Gasteiger partial charge in [-0.2, -0.15) is 5.10 Å². The van der Waals surface area contributed by atoms with Gasteiger partial charge in [-0.15, -0.1) is 5.01 Å². The highest BCUT2D eigenvalue weighted by molar-refractivity contribution is 6.07. The predicted molar refractivity (Wildman–Crippen MR) is 105 cm³/mol. The SMILES string of the molecule is CCC1(C)NC(=O)N(/N=C/c2ccc(OC)c(OCc3ccccc3)c2)C1=O. The lowest BCUT2D eigenvalue weighted by atomic mass is 10.00. The number of carbonyl (C=O) groups is 2. The number of ether oxygens (including phenoxy) is 2. The molecule has 2 aromatic carbocycles. The third-order valence-electron chi connectivity index (χ3n) is 4.69. The maximum absolute atomic E-state index is 12.4. The van der Waals surface area contributed by atoms with Crippen LogP contribution in [0.4, 0.5) is 4.79 Å². The standard InChI is InChI=1S/C21H23N3O4/c1-4-21(2)19(25)24(20(26)23-21)22-13-16-10-11-17(27-3)18(12-16)28-14-15-8-6-5-7-9-15/h5-13H,4,14H2,1-3H3,(H,23,26)/b22-13+. The first-order chi connectivity index (χ1) is 13.5. The van der Waals surface area contributed by atoms with Crippen LogP contribution < -0.4 is 14.8 Å². The number of hydrazone groups is 1. The lowest BCUT2D eigenvalue weighted by Gasteiger charge is -2.17. The van der Waals surface area contributed by atoms with Crippen LogP contribution in [0.15, 0.2) is 53.6 Å². The van der Waals surface area contributed by atoms with Crippen molar-refractivity contribution in [2.75, 3.05) is 7.11 Å². The Bertz CT molecular complexity index is 898. The molecule has 0 saturated carbocycles. The Hall–Kier alpha value is -3.35. The van der Waals surface area contributed by atoms with Crippen molar-refractivity contribution in [3.63, 3.8) is 0 Å². The highest BCUT2D eigenvalue weighted by Crippen LogP contribution is 2.28. The zero-order chi connectivity index (χ0) is 20.1. The minimum atomic E-state index is -0.918. The molecule has 3 amide bonds. The van der Waals surface area contributed by atoms with Gasteiger partial charge in [0.1, 0.15) is 12.1 Å². The third kappa shape index (κ3) is 3.98. The minimum Gasteiger partial charge on any atom is -0.493 e. The van der Waals surface area contributed by atoms with Gasteiger partial charge in [0.15, 0.2) is 11.5 Å². The first-order valence-corrected chi connectivity index (χ1v) is 9.02. The van der Waals surface area contributed by atoms with Gasteiger partial charge < -0.3 is 14.8 Å². The fourth-order valence-electron chi connectivity index (χ4n) is 2.76. The molecule has 0 aliphatic carbocycles. The predicted octanol–water partition coefficient (Wildman–Crippen LogP) is 3.33. The largest absolute Gasteiger partial charge is 0.493 e. The zero-order valence-corrected chi connectivity index (χ0v) is 16.1. The quantitative estimate of drug-likeness (QED) is 0.589. The number of benzene rings is 2. The minimum absolute atomic E-state index is 0.370. The van der Waals surface area contributed by atoms with Crippen LogP contribution in [0.2, 0.25) is 0 Å². The Labute approximate surface area is 163 Å². The molecule has 0 aromatic heterocycles. The smallest absolute Gasteiger partial charge is 0.346 e. The number of nitrogens with one attached hydrogen (secondary N) is 1. The van der Waals surface area contributed by atoms with Crippen molar-refractivity contribution in [2.45, 2.75) is 32.4 Å². The Morgan fingerprint density at radius 1 is 1.14 bits per heavy atom. The molecule has 0 bridgehead atoms. The summed E-state index contributed by atoms with van der Waals surface area (Å²) in [4.78, 5) is 24.4. The van der Waals surface area contributed by atoms with E-state index in [4.69, 9.17) is 9.47 Å². The number of rotatable bonds is 7. The first kappa shape index (κ1) is 19.4. The van der Waals surface area contributed by atoms with Crippen molar-refractivity contribution in [3.05, 3.63) is 59.7 Å². The highest BCUT2D eigenvalue weighted by Gasteiger charge is 2.46. The third-order valence-corrected chi connectivity index (χ3v) is 4.69. The van der Waals surface area contributed by atoms with E-state index in [9.17, 15) is 9.59 Å². The number of methoxy groups -OCH3 is 1. The first-order valence-electron chi connectivity index (χ1n) is 9.02. The average molecular weight is 381 g/mol. The molecule has 1 atom stereocenters. The van der Waals surface area contributed by atoms with Crippen LogP contribution in [-0.4, -0.2) is 35.8 Å². The van der Waals surface area contributed by atoms with Crippen LogP contribution in [0, 0.1) is 0 Å². The lowest BCUT2D eigenvalue weighted by molar-refractivity contribution is -0.130. The molecule has 0 radical (unpaired) electrons. The number of amides is 3. The van der Waals surface area contributed by atoms with Crippen molar-refractivity contribution in [3.8, 4) is 11.5 Å². The molecule has 28 heavy (non-hydrogen) atoms. The van der Waals surface area contributed by atoms with Crippen LogP contribution in [0.3, 0.4) is 0 Å². The zero-order valence-electron chi connectivity index (χ0n) is 16.1. The van der Waals surface area contributed by atoms with Gasteiger partial charge >= 0.3 is 6.03 Å². The molecule has 146 valence electrons. The highest BCUT2D eigenvalue weighted by atomic mass is 16.5. The molecule has 3 rings (SSSR count). The van der Waals surface area contributed by atoms with E-state index in [1.165, 1.54) is 6.21 Å². The van der Waals surface area contributed by atoms with Gasteiger partial charge in [0, 0.05) is 0 Å². The van der Waals surface area contributed by atoms with Gasteiger partial charge in [-0.05, 0) is 42.7 Å². The number of urea groups is 1. The number of nitrogens with zero attached hydrogens (tertiary/aromatic N) is 2. The maximum atomic E-state index is 12.4. The summed E-state index contributed by atoms with van der Waals surface area (Å²) in [6.45, 7) is 3.91. The molecule has 1 fully saturated rings. The van der Waals surface area contributed by atoms with Crippen LogP contribution in [-0.2, 0) is 11.4 Å². The maximum Gasteiger partial charge on any atom is 0.346 e. The van der Waals surface area contributed by atoms with E-state index in [-0.39, 0.29) is 5.91 Å². The van der Waals surface area contributed by atoms with Gasteiger partial charge in [0.2, 0.25) is 0 Å². The number of imide groups is 1. The van der Waals surface area contributed by atoms with Crippen LogP contribution in [0.1, 0.15) is 31.4 Å². The van der Waals surface area contributed by atoms with Gasteiger partial charge in [0.25, 0.3) is 5.91 Å². The molecular weight excluding hydrogens is 358 g/mol. The summed E-state index contributed by atoms with van der Waals surface area (Å²) in [5.41, 5.74) is 0.787. The fraction of sp³-hybridized carbons (Fsp3) is 0.286. The topological polar surface area (TPSA) is 80.2 Å². The molecule has 1 aliphatic heterocycles. The second kappa shape index (κ2) is 8.12. The van der Waals surface area contributed by atoms with Crippen LogP contribution >= 0.6 is 0 Å². The molecule has 1 aliphatic rings. The molecule has 7 heteroatoms. The van der Waals surface area contributed by atoms with Crippen molar-refractivity contribution in [2.24, 2.45) is 5.10 Å². The second-order valence-corrected chi connectivity index (χ2v) is 6.66. The summed E-state index contributed by atoms with van der Waals surface area (Å²) in [7, 11) is 1.57. The molecule has 0 spiro atoms. The van der Waals surface area contributed by atoms with Gasteiger partial charge in [-0.1, -0.05) is 37.3 Å². The van der Waals surface area contributed by atoms with Crippen molar-refractivity contribution >= 4 is 18.2 Å². The molecule has 7 nitrogen and oxygen atoms in total. The monoisotopic (exact) mass is 381 g/mol. The van der Waals surface area contributed by atoms with Crippen molar-refractivity contribution in [1.82, 2.24) is 10.3 Å². The van der Waals surface area contributed by atoms with Gasteiger partial charge in [0.05, 0.1) is 13.3 Å². The van der Waals surface area contributed by atoms with E-state index in [0.29, 0.717) is 30.1 Å². The van der Waals surface area contributed by atoms with E-state index < -0.39 is 11.6 Å².